The van der Waals surface area contributed by atoms with Crippen molar-refractivity contribution in [3.05, 3.63) is 45.8 Å². The highest BCUT2D eigenvalue weighted by Gasteiger charge is 2.31. The van der Waals surface area contributed by atoms with E-state index >= 15 is 0 Å². The molecule has 1 atom stereocenters. The molecule has 0 amide bonds. The molecule has 0 radical (unpaired) electrons. The van der Waals surface area contributed by atoms with Crippen LogP contribution < -0.4 is 4.90 Å². The number of anilines is 1. The van der Waals surface area contributed by atoms with E-state index in [1.165, 1.54) is 0 Å². The maximum absolute atomic E-state index is 9.57. The Morgan fingerprint density at radius 3 is 2.46 bits per heavy atom. The summed E-state index contributed by atoms with van der Waals surface area (Å²) in [7, 11) is 0. The van der Waals surface area contributed by atoms with Crippen LogP contribution in [0.5, 0.6) is 5.75 Å². The highest BCUT2D eigenvalue weighted by Crippen LogP contribution is 2.39. The van der Waals surface area contributed by atoms with Crippen LogP contribution in [0.3, 0.4) is 0 Å². The predicted octanol–water partition coefficient (Wildman–Crippen LogP) is 4.09. The predicted molar refractivity (Wildman–Crippen MR) is 101 cm³/mol. The Hall–Kier alpha value is -2.47. The third-order valence-corrected chi connectivity index (χ3v) is 5.43. The first-order valence-electron chi connectivity index (χ1n) is 7.72. The number of thiophene rings is 1. The van der Waals surface area contributed by atoms with Crippen LogP contribution in [0.15, 0.2) is 29.3 Å². The highest BCUT2D eigenvalue weighted by molar-refractivity contribution is 7.17. The fourth-order valence-corrected chi connectivity index (χ4v) is 4.06. The number of benzene rings is 1. The van der Waals surface area contributed by atoms with Gasteiger partial charge in [-0.2, -0.15) is 0 Å². The van der Waals surface area contributed by atoms with Gasteiger partial charge in [0.1, 0.15) is 28.5 Å². The van der Waals surface area contributed by atoms with Gasteiger partial charge in [-0.05, 0) is 57.5 Å². The monoisotopic (exact) mass is 340 g/mol. The van der Waals surface area contributed by atoms with Crippen LogP contribution in [-0.2, 0) is 0 Å². The van der Waals surface area contributed by atoms with Gasteiger partial charge in [0, 0.05) is 16.0 Å². The summed E-state index contributed by atoms with van der Waals surface area (Å²) in [5.41, 5.74) is 3.81. The summed E-state index contributed by atoms with van der Waals surface area (Å²) in [5, 5.41) is 27.0. The van der Waals surface area contributed by atoms with Gasteiger partial charge in [-0.25, -0.2) is 0 Å². The number of hydrogen-bond acceptors (Lipinski definition) is 5. The quantitative estimate of drug-likeness (QED) is 0.539. The Morgan fingerprint density at radius 2 is 1.88 bits per heavy atom. The van der Waals surface area contributed by atoms with Gasteiger partial charge in [0.2, 0.25) is 0 Å². The lowest BCUT2D eigenvalue weighted by molar-refractivity contribution is 0.475. The van der Waals surface area contributed by atoms with Crippen molar-refractivity contribution in [2.45, 2.75) is 33.7 Å². The number of amidine groups is 2. The van der Waals surface area contributed by atoms with E-state index in [9.17, 15) is 5.11 Å². The number of phenols is 1. The van der Waals surface area contributed by atoms with Crippen molar-refractivity contribution in [2.75, 3.05) is 4.90 Å². The Bertz CT molecular complexity index is 864. The molecule has 1 aliphatic heterocycles. The van der Waals surface area contributed by atoms with E-state index < -0.39 is 0 Å². The number of aryl methyl sites for hydroxylation is 1. The molecule has 24 heavy (non-hydrogen) atoms. The topological polar surface area (TPSA) is 83.5 Å². The lowest BCUT2D eigenvalue weighted by Crippen LogP contribution is -2.38. The fourth-order valence-electron chi connectivity index (χ4n) is 2.83. The molecule has 0 spiro atoms. The van der Waals surface area contributed by atoms with Gasteiger partial charge < -0.3 is 5.11 Å². The molecule has 1 aromatic carbocycles. The average molecular weight is 340 g/mol. The maximum Gasteiger partial charge on any atom is 0.132 e. The van der Waals surface area contributed by atoms with Crippen LogP contribution in [0.2, 0.25) is 0 Å². The molecule has 0 fully saturated rings. The second-order valence-corrected chi connectivity index (χ2v) is 7.17. The first-order chi connectivity index (χ1) is 11.3. The minimum absolute atomic E-state index is 0.212. The van der Waals surface area contributed by atoms with Crippen molar-refractivity contribution in [1.29, 1.82) is 10.8 Å². The molecule has 1 aliphatic rings. The smallest absolute Gasteiger partial charge is 0.132 e. The number of aromatic hydroxyl groups is 1. The molecule has 0 saturated heterocycles. The molecule has 2 aromatic rings. The van der Waals surface area contributed by atoms with Crippen LogP contribution >= 0.6 is 11.3 Å². The molecular weight excluding hydrogens is 320 g/mol. The largest absolute Gasteiger partial charge is 0.508 e. The number of nitrogens with zero attached hydrogens (tertiary/aromatic N) is 2. The Kier molecular flexibility index (Phi) is 4.01. The second-order valence-electron chi connectivity index (χ2n) is 5.97. The number of phenolic OH excluding ortho intramolecular Hbond substituents is 1. The lowest BCUT2D eigenvalue weighted by atomic mass is 9.99. The molecule has 2 heterocycles. The molecular formula is C18H20N4OS. The Labute approximate surface area is 145 Å². The average Bonchev–Trinajstić information content (AvgIpc) is 2.74. The third kappa shape index (κ3) is 2.53. The summed E-state index contributed by atoms with van der Waals surface area (Å²) in [6.07, 6.45) is 0. The molecule has 1 unspecified atom stereocenters. The van der Waals surface area contributed by atoms with E-state index in [4.69, 9.17) is 15.8 Å². The molecule has 3 N–H and O–H groups in total. The van der Waals surface area contributed by atoms with Crippen molar-refractivity contribution in [1.82, 2.24) is 0 Å². The molecule has 6 heteroatoms. The van der Waals surface area contributed by atoms with E-state index in [0.717, 1.165) is 32.3 Å². The fraction of sp³-hybridized carbons (Fsp3) is 0.278. The number of rotatable bonds is 1. The minimum atomic E-state index is -0.353. The number of hydrogen-bond donors (Lipinski definition) is 3. The van der Waals surface area contributed by atoms with Gasteiger partial charge in [0.15, 0.2) is 0 Å². The zero-order valence-corrected chi connectivity index (χ0v) is 15.0. The van der Waals surface area contributed by atoms with E-state index in [1.807, 2.05) is 26.0 Å². The normalized spacial score (nSPS) is 17.3. The summed E-state index contributed by atoms with van der Waals surface area (Å²) in [6, 6.07) is 6.62. The summed E-state index contributed by atoms with van der Waals surface area (Å²) in [4.78, 5) is 7.62. The van der Waals surface area contributed by atoms with Crippen molar-refractivity contribution in [2.24, 2.45) is 4.99 Å². The van der Waals surface area contributed by atoms with Crippen molar-refractivity contribution >= 4 is 33.7 Å². The summed E-state index contributed by atoms with van der Waals surface area (Å²) < 4.78 is 0. The van der Waals surface area contributed by atoms with Crippen LogP contribution in [0, 0.1) is 24.7 Å². The summed E-state index contributed by atoms with van der Waals surface area (Å²) >= 11 is 1.59. The van der Waals surface area contributed by atoms with Gasteiger partial charge in [-0.3, -0.25) is 20.7 Å². The van der Waals surface area contributed by atoms with E-state index in [0.29, 0.717) is 11.7 Å². The zero-order valence-electron chi connectivity index (χ0n) is 14.1. The van der Waals surface area contributed by atoms with Gasteiger partial charge in [-0.1, -0.05) is 0 Å². The number of nitrogens with one attached hydrogen (secondary N) is 2. The van der Waals surface area contributed by atoms with Gasteiger partial charge >= 0.3 is 0 Å². The summed E-state index contributed by atoms with van der Waals surface area (Å²) in [6.45, 7) is 7.67. The molecule has 3 rings (SSSR count). The number of fused-ring (bicyclic) bond motifs is 1. The van der Waals surface area contributed by atoms with Gasteiger partial charge in [0.05, 0.1) is 5.71 Å². The standard InChI is InChI=1S/C18H20N4OS/c1-9-11(3)24-18-15(9)16(13-5-7-14(23)8-6-13)21-10(2)17(20)22(18)12(4)19/h5-8,10,19-20,23H,1-4H3. The van der Waals surface area contributed by atoms with E-state index in [1.54, 1.807) is 35.3 Å². The van der Waals surface area contributed by atoms with Crippen molar-refractivity contribution < 1.29 is 5.11 Å². The first kappa shape index (κ1) is 16.4. The molecule has 124 valence electrons. The summed E-state index contributed by atoms with van der Waals surface area (Å²) in [5.74, 6) is 0.833. The number of aliphatic imine (C=N–C) groups is 1. The van der Waals surface area contributed by atoms with Crippen LogP contribution in [0.4, 0.5) is 5.00 Å². The molecule has 0 aliphatic carbocycles. The first-order valence-corrected chi connectivity index (χ1v) is 8.54. The van der Waals surface area contributed by atoms with E-state index in [2.05, 4.69) is 6.92 Å². The SMILES string of the molecule is CC(=N)N1C(=N)C(C)N=C(c2ccc(O)cc2)c2c1sc(C)c2C. The Morgan fingerprint density at radius 1 is 1.25 bits per heavy atom. The Balaban J connectivity index is 2.31. The maximum atomic E-state index is 9.57. The van der Waals surface area contributed by atoms with Crippen molar-refractivity contribution in [3.8, 4) is 5.75 Å². The van der Waals surface area contributed by atoms with Gasteiger partial charge in [0.25, 0.3) is 0 Å². The third-order valence-electron chi connectivity index (χ3n) is 4.24. The van der Waals surface area contributed by atoms with Crippen LogP contribution in [-0.4, -0.2) is 28.5 Å². The molecule has 5 nitrogen and oxygen atoms in total. The zero-order chi connectivity index (χ0) is 17.6. The molecule has 0 bridgehead atoms. The minimum Gasteiger partial charge on any atom is -0.508 e. The highest BCUT2D eigenvalue weighted by atomic mass is 32.1. The van der Waals surface area contributed by atoms with Gasteiger partial charge in [-0.15, -0.1) is 11.3 Å². The van der Waals surface area contributed by atoms with Crippen molar-refractivity contribution in [3.63, 3.8) is 0 Å². The lowest BCUT2D eigenvalue weighted by Gasteiger charge is -2.23. The second kappa shape index (κ2) is 5.87. The van der Waals surface area contributed by atoms with E-state index in [-0.39, 0.29) is 11.8 Å². The van der Waals surface area contributed by atoms with Crippen LogP contribution in [0.1, 0.15) is 35.4 Å². The molecule has 0 saturated carbocycles. The molecule has 1 aromatic heterocycles. The van der Waals surface area contributed by atoms with Crippen LogP contribution in [0.25, 0.3) is 0 Å².